The molecule has 0 aliphatic heterocycles. The number of benzene rings is 3. The number of nitrogens with one attached hydrogen (secondary N) is 1. The fourth-order valence-electron chi connectivity index (χ4n) is 2.78. The van der Waals surface area contributed by atoms with E-state index in [0.717, 1.165) is 0 Å². The van der Waals surface area contributed by atoms with Crippen molar-refractivity contribution in [3.05, 3.63) is 77.9 Å². The average Bonchev–Trinajstić information content (AvgIpc) is 2.88. The minimum Gasteiger partial charge on any atom is -0.497 e. The molecular weight excluding hydrogens is 440 g/mol. The Hall–Kier alpha value is -4.53. The van der Waals surface area contributed by atoms with E-state index < -0.39 is 11.9 Å². The first-order valence-corrected chi connectivity index (χ1v) is 10.2. The van der Waals surface area contributed by atoms with Gasteiger partial charge in [-0.1, -0.05) is 0 Å². The van der Waals surface area contributed by atoms with Crippen LogP contribution in [0.3, 0.4) is 0 Å². The lowest BCUT2D eigenvalue weighted by Crippen LogP contribution is -2.24. The van der Waals surface area contributed by atoms with Crippen molar-refractivity contribution in [3.8, 4) is 28.7 Å². The fourth-order valence-corrected chi connectivity index (χ4v) is 2.78. The number of methoxy groups -OCH3 is 3. The number of amides is 1. The second kappa shape index (κ2) is 11.9. The Morgan fingerprint density at radius 1 is 0.794 bits per heavy atom. The van der Waals surface area contributed by atoms with Crippen molar-refractivity contribution in [3.63, 3.8) is 0 Å². The first-order chi connectivity index (χ1) is 16.5. The summed E-state index contributed by atoms with van der Waals surface area (Å²) < 4.78 is 26.2. The van der Waals surface area contributed by atoms with Crippen LogP contribution in [-0.2, 0) is 4.79 Å². The molecule has 1 amide bonds. The quantitative estimate of drug-likeness (QED) is 0.212. The largest absolute Gasteiger partial charge is 0.497 e. The molecule has 0 atom stereocenters. The van der Waals surface area contributed by atoms with E-state index in [0.29, 0.717) is 39.9 Å². The molecule has 0 heterocycles. The molecule has 3 aromatic carbocycles. The SMILES string of the molecule is COc1ccc(OCC(=O)NN=Cc2ccc(OC(=O)c3ccc(OC)c(OC)c3)cc2)cc1. The summed E-state index contributed by atoms with van der Waals surface area (Å²) in [6, 6.07) is 18.3. The van der Waals surface area contributed by atoms with Crippen LogP contribution in [0.4, 0.5) is 0 Å². The topological polar surface area (TPSA) is 105 Å². The van der Waals surface area contributed by atoms with Crippen LogP contribution in [0.5, 0.6) is 28.7 Å². The predicted molar refractivity (Wildman–Crippen MR) is 125 cm³/mol. The molecule has 0 aliphatic carbocycles. The van der Waals surface area contributed by atoms with Gasteiger partial charge >= 0.3 is 5.97 Å². The Morgan fingerprint density at radius 2 is 1.44 bits per heavy atom. The monoisotopic (exact) mass is 464 g/mol. The van der Waals surface area contributed by atoms with E-state index in [4.69, 9.17) is 23.7 Å². The van der Waals surface area contributed by atoms with Crippen LogP contribution in [0, 0.1) is 0 Å². The van der Waals surface area contributed by atoms with Crippen molar-refractivity contribution in [2.24, 2.45) is 5.10 Å². The molecule has 0 aromatic heterocycles. The third kappa shape index (κ3) is 6.73. The van der Waals surface area contributed by atoms with Gasteiger partial charge in [-0.25, -0.2) is 10.2 Å². The van der Waals surface area contributed by atoms with E-state index in [1.165, 1.54) is 20.4 Å². The van der Waals surface area contributed by atoms with Crippen LogP contribution in [-0.4, -0.2) is 46.0 Å². The van der Waals surface area contributed by atoms with Gasteiger partial charge in [0.1, 0.15) is 17.2 Å². The van der Waals surface area contributed by atoms with Crippen LogP contribution in [0.1, 0.15) is 15.9 Å². The van der Waals surface area contributed by atoms with Gasteiger partial charge in [0.2, 0.25) is 0 Å². The van der Waals surface area contributed by atoms with Crippen molar-refractivity contribution in [2.45, 2.75) is 0 Å². The van der Waals surface area contributed by atoms with Gasteiger partial charge in [0.05, 0.1) is 33.1 Å². The van der Waals surface area contributed by atoms with Crippen LogP contribution < -0.4 is 29.1 Å². The average molecular weight is 464 g/mol. The molecule has 3 rings (SSSR count). The molecule has 176 valence electrons. The van der Waals surface area contributed by atoms with Gasteiger partial charge in [0, 0.05) is 0 Å². The third-order valence-electron chi connectivity index (χ3n) is 4.54. The highest BCUT2D eigenvalue weighted by molar-refractivity contribution is 5.92. The summed E-state index contributed by atoms with van der Waals surface area (Å²) >= 11 is 0. The van der Waals surface area contributed by atoms with Gasteiger partial charge in [-0.3, -0.25) is 4.79 Å². The molecule has 3 aromatic rings. The lowest BCUT2D eigenvalue weighted by molar-refractivity contribution is -0.123. The molecule has 34 heavy (non-hydrogen) atoms. The molecule has 0 saturated carbocycles. The molecule has 0 radical (unpaired) electrons. The number of hydrogen-bond acceptors (Lipinski definition) is 8. The summed E-state index contributed by atoms with van der Waals surface area (Å²) in [6.45, 7) is -0.186. The van der Waals surface area contributed by atoms with Crippen LogP contribution in [0.25, 0.3) is 0 Å². The molecule has 9 nitrogen and oxygen atoms in total. The number of ether oxygens (including phenoxy) is 5. The predicted octanol–water partition coefficient (Wildman–Crippen LogP) is 3.46. The molecule has 0 unspecified atom stereocenters. The number of nitrogens with zero attached hydrogens (tertiary/aromatic N) is 1. The van der Waals surface area contributed by atoms with Gasteiger partial charge < -0.3 is 23.7 Å². The summed E-state index contributed by atoms with van der Waals surface area (Å²) in [5.74, 6) is 1.59. The van der Waals surface area contributed by atoms with Gasteiger partial charge in [-0.15, -0.1) is 0 Å². The zero-order valence-corrected chi connectivity index (χ0v) is 18.9. The molecule has 1 N–H and O–H groups in total. The summed E-state index contributed by atoms with van der Waals surface area (Å²) in [6.07, 6.45) is 1.46. The van der Waals surface area contributed by atoms with Gasteiger partial charge in [0.25, 0.3) is 5.91 Å². The Kier molecular flexibility index (Phi) is 8.45. The van der Waals surface area contributed by atoms with Gasteiger partial charge in [-0.2, -0.15) is 5.10 Å². The van der Waals surface area contributed by atoms with E-state index in [1.807, 2.05) is 0 Å². The summed E-state index contributed by atoms with van der Waals surface area (Å²) in [7, 11) is 4.58. The van der Waals surface area contributed by atoms with Crippen molar-refractivity contribution >= 4 is 18.1 Å². The molecule has 0 saturated heterocycles. The van der Waals surface area contributed by atoms with Crippen molar-refractivity contribution in [1.82, 2.24) is 5.43 Å². The molecule has 0 aliphatic rings. The second-order valence-corrected chi connectivity index (χ2v) is 6.79. The third-order valence-corrected chi connectivity index (χ3v) is 4.54. The number of esters is 1. The fraction of sp³-hybridized carbons (Fsp3) is 0.160. The van der Waals surface area contributed by atoms with Crippen molar-refractivity contribution in [2.75, 3.05) is 27.9 Å². The number of hydrazone groups is 1. The zero-order chi connectivity index (χ0) is 24.3. The van der Waals surface area contributed by atoms with E-state index >= 15 is 0 Å². The minimum atomic E-state index is -0.536. The normalized spacial score (nSPS) is 10.4. The smallest absolute Gasteiger partial charge is 0.343 e. The lowest BCUT2D eigenvalue weighted by atomic mass is 10.2. The van der Waals surface area contributed by atoms with Crippen molar-refractivity contribution < 1.29 is 33.3 Å². The van der Waals surface area contributed by atoms with E-state index in [1.54, 1.807) is 73.8 Å². The van der Waals surface area contributed by atoms with Crippen molar-refractivity contribution in [1.29, 1.82) is 0 Å². The Morgan fingerprint density at radius 3 is 2.09 bits per heavy atom. The maximum Gasteiger partial charge on any atom is 0.343 e. The Labute approximate surface area is 196 Å². The first-order valence-electron chi connectivity index (χ1n) is 10.2. The summed E-state index contributed by atoms with van der Waals surface area (Å²) in [4.78, 5) is 24.3. The number of carbonyl (C=O) groups is 2. The molecule has 0 bridgehead atoms. The zero-order valence-electron chi connectivity index (χ0n) is 18.9. The van der Waals surface area contributed by atoms with E-state index in [2.05, 4.69) is 10.5 Å². The van der Waals surface area contributed by atoms with Gasteiger partial charge in [0.15, 0.2) is 18.1 Å². The van der Waals surface area contributed by atoms with Gasteiger partial charge in [-0.05, 0) is 72.3 Å². The summed E-state index contributed by atoms with van der Waals surface area (Å²) in [5.41, 5.74) is 3.40. The van der Waals surface area contributed by atoms with Crippen LogP contribution in [0.15, 0.2) is 71.8 Å². The highest BCUT2D eigenvalue weighted by Gasteiger charge is 2.13. The maximum absolute atomic E-state index is 12.4. The number of hydrogen-bond donors (Lipinski definition) is 1. The molecular formula is C25H24N2O7. The van der Waals surface area contributed by atoms with Crippen LogP contribution >= 0.6 is 0 Å². The molecule has 0 spiro atoms. The second-order valence-electron chi connectivity index (χ2n) is 6.79. The number of carbonyl (C=O) groups excluding carboxylic acids is 2. The highest BCUT2D eigenvalue weighted by Crippen LogP contribution is 2.28. The Bertz CT molecular complexity index is 1140. The number of rotatable bonds is 10. The molecule has 9 heteroatoms. The first kappa shape index (κ1) is 24.1. The maximum atomic E-state index is 12.4. The van der Waals surface area contributed by atoms with E-state index in [9.17, 15) is 9.59 Å². The molecule has 0 fully saturated rings. The summed E-state index contributed by atoms with van der Waals surface area (Å²) in [5, 5.41) is 3.90. The Balaban J connectivity index is 1.48. The lowest BCUT2D eigenvalue weighted by Gasteiger charge is -2.09. The highest BCUT2D eigenvalue weighted by atomic mass is 16.5. The standard InChI is InChI=1S/C25H24N2O7/c1-30-19-9-11-20(12-10-19)33-16-24(28)27-26-15-17-4-7-21(8-5-17)34-25(29)18-6-13-22(31-2)23(14-18)32-3/h4-15H,16H2,1-3H3,(H,27,28). The van der Waals surface area contributed by atoms with E-state index in [-0.39, 0.29) is 6.61 Å². The minimum absolute atomic E-state index is 0.186. The van der Waals surface area contributed by atoms with Crippen LogP contribution in [0.2, 0.25) is 0 Å².